The van der Waals surface area contributed by atoms with E-state index in [1.54, 1.807) is 10.7 Å². The molecule has 0 spiro atoms. The normalized spacial score (nSPS) is 11.2. The zero-order valence-corrected chi connectivity index (χ0v) is 10.5. The molecule has 1 aromatic carbocycles. The monoisotopic (exact) mass is 262 g/mol. The molecular formula is C12H11FN4S. The summed E-state index contributed by atoms with van der Waals surface area (Å²) >= 11 is 5.25. The molecule has 2 aromatic heterocycles. The predicted molar refractivity (Wildman–Crippen MR) is 69.4 cm³/mol. The predicted octanol–water partition coefficient (Wildman–Crippen LogP) is 2.62. The molecule has 2 heterocycles. The highest BCUT2D eigenvalue weighted by Gasteiger charge is 2.07. The summed E-state index contributed by atoms with van der Waals surface area (Å²) in [6, 6.07) is 6.50. The first kappa shape index (κ1) is 11.2. The molecule has 4 nitrogen and oxygen atoms in total. The number of halogens is 1. The number of nitrogens with zero attached hydrogens (tertiary/aromatic N) is 3. The smallest absolute Gasteiger partial charge is 0.178 e. The minimum Gasteiger partial charge on any atom is -0.331 e. The molecule has 0 aliphatic heterocycles. The van der Waals surface area contributed by atoms with Gasteiger partial charge in [0.15, 0.2) is 4.77 Å². The molecule has 0 fully saturated rings. The van der Waals surface area contributed by atoms with Crippen LogP contribution < -0.4 is 0 Å². The minimum absolute atomic E-state index is 0.272. The van der Waals surface area contributed by atoms with E-state index < -0.39 is 0 Å². The molecular weight excluding hydrogens is 251 g/mol. The van der Waals surface area contributed by atoms with Gasteiger partial charge in [0.1, 0.15) is 5.82 Å². The van der Waals surface area contributed by atoms with Gasteiger partial charge in [-0.15, -0.1) is 0 Å². The van der Waals surface area contributed by atoms with E-state index in [1.165, 1.54) is 12.1 Å². The average Bonchev–Trinajstić information content (AvgIpc) is 2.86. The summed E-state index contributed by atoms with van der Waals surface area (Å²) < 4.78 is 17.4. The van der Waals surface area contributed by atoms with Crippen molar-refractivity contribution in [3.8, 4) is 0 Å². The summed E-state index contributed by atoms with van der Waals surface area (Å²) in [5.41, 5.74) is 2.47. The highest BCUT2D eigenvalue weighted by Crippen LogP contribution is 2.16. The van der Waals surface area contributed by atoms with Gasteiger partial charge in [-0.1, -0.05) is 0 Å². The summed E-state index contributed by atoms with van der Waals surface area (Å²) in [4.78, 5) is 3.06. The minimum atomic E-state index is -0.272. The summed E-state index contributed by atoms with van der Waals surface area (Å²) in [5, 5.41) is 4.30. The molecule has 0 aliphatic carbocycles. The quantitative estimate of drug-likeness (QED) is 0.721. The molecule has 92 valence electrons. The number of nitrogens with one attached hydrogen (secondary N) is 1. The van der Waals surface area contributed by atoms with Gasteiger partial charge in [-0.3, -0.25) is 4.68 Å². The zero-order chi connectivity index (χ0) is 12.7. The molecule has 6 heteroatoms. The van der Waals surface area contributed by atoms with Crippen molar-refractivity contribution >= 4 is 23.3 Å². The first-order valence-electron chi connectivity index (χ1n) is 5.50. The van der Waals surface area contributed by atoms with Crippen molar-refractivity contribution in [3.63, 3.8) is 0 Å². The molecule has 0 aliphatic rings. The van der Waals surface area contributed by atoms with Gasteiger partial charge in [-0.05, 0) is 36.5 Å². The number of fused-ring (bicyclic) bond motifs is 1. The Morgan fingerprint density at radius 3 is 2.94 bits per heavy atom. The molecule has 0 radical (unpaired) electrons. The maximum absolute atomic E-state index is 13.3. The SMILES string of the molecule is Cn1ccc(Cn2c(=S)[nH]c3ccc(F)cc32)n1. The molecule has 18 heavy (non-hydrogen) atoms. The Morgan fingerprint density at radius 2 is 2.22 bits per heavy atom. The number of benzene rings is 1. The van der Waals surface area contributed by atoms with Crippen LogP contribution in [0.2, 0.25) is 0 Å². The van der Waals surface area contributed by atoms with Crippen molar-refractivity contribution in [2.75, 3.05) is 0 Å². The van der Waals surface area contributed by atoms with Gasteiger partial charge in [0.05, 0.1) is 23.3 Å². The van der Waals surface area contributed by atoms with Crippen LogP contribution in [0.15, 0.2) is 30.5 Å². The Morgan fingerprint density at radius 1 is 1.39 bits per heavy atom. The van der Waals surface area contributed by atoms with Gasteiger partial charge in [0, 0.05) is 13.2 Å². The molecule has 0 atom stereocenters. The van der Waals surface area contributed by atoms with Gasteiger partial charge in [0.2, 0.25) is 0 Å². The Bertz CT molecular complexity index is 768. The Balaban J connectivity index is 2.13. The number of aromatic amines is 1. The van der Waals surface area contributed by atoms with Crippen molar-refractivity contribution in [1.82, 2.24) is 19.3 Å². The highest BCUT2D eigenvalue weighted by atomic mass is 32.1. The van der Waals surface area contributed by atoms with Gasteiger partial charge in [-0.2, -0.15) is 5.10 Å². The van der Waals surface area contributed by atoms with Crippen LogP contribution in [0.3, 0.4) is 0 Å². The topological polar surface area (TPSA) is 38.5 Å². The summed E-state index contributed by atoms with van der Waals surface area (Å²) in [5.74, 6) is -0.272. The first-order valence-corrected chi connectivity index (χ1v) is 5.91. The van der Waals surface area contributed by atoms with Crippen molar-refractivity contribution < 1.29 is 4.39 Å². The number of hydrogen-bond donors (Lipinski definition) is 1. The van der Waals surface area contributed by atoms with E-state index in [-0.39, 0.29) is 5.82 Å². The third-order valence-corrected chi connectivity index (χ3v) is 3.15. The van der Waals surface area contributed by atoms with Gasteiger partial charge < -0.3 is 9.55 Å². The van der Waals surface area contributed by atoms with Crippen LogP contribution in [0.5, 0.6) is 0 Å². The average molecular weight is 262 g/mol. The maximum Gasteiger partial charge on any atom is 0.178 e. The van der Waals surface area contributed by atoms with Crippen LogP contribution in [0.4, 0.5) is 4.39 Å². The number of aryl methyl sites for hydroxylation is 1. The number of hydrogen-bond acceptors (Lipinski definition) is 2. The largest absolute Gasteiger partial charge is 0.331 e. The number of rotatable bonds is 2. The molecule has 0 amide bonds. The third kappa shape index (κ3) is 1.84. The zero-order valence-electron chi connectivity index (χ0n) is 9.72. The van der Waals surface area contributed by atoms with Gasteiger partial charge >= 0.3 is 0 Å². The van der Waals surface area contributed by atoms with Crippen LogP contribution in [0, 0.1) is 10.6 Å². The Kier molecular flexibility index (Phi) is 2.52. The van der Waals surface area contributed by atoms with Crippen LogP contribution in [0.1, 0.15) is 5.69 Å². The number of H-pyrrole nitrogens is 1. The second kappa shape index (κ2) is 4.06. The van der Waals surface area contributed by atoms with Gasteiger partial charge in [-0.25, -0.2) is 4.39 Å². The highest BCUT2D eigenvalue weighted by molar-refractivity contribution is 7.71. The second-order valence-electron chi connectivity index (χ2n) is 4.16. The first-order chi connectivity index (χ1) is 8.63. The molecule has 3 rings (SSSR count). The maximum atomic E-state index is 13.3. The summed E-state index contributed by atoms with van der Waals surface area (Å²) in [6.45, 7) is 0.531. The fraction of sp³-hybridized carbons (Fsp3) is 0.167. The standard InChI is InChI=1S/C12H11FN4S/c1-16-5-4-9(15-16)7-17-11-6-8(13)2-3-10(11)14-12(17)18/h2-6H,7H2,1H3,(H,14,18). The van der Waals surface area contributed by atoms with Crippen molar-refractivity contribution in [3.05, 3.63) is 46.7 Å². The van der Waals surface area contributed by atoms with E-state index >= 15 is 0 Å². The van der Waals surface area contributed by atoms with Crippen molar-refractivity contribution in [2.24, 2.45) is 7.05 Å². The molecule has 0 saturated carbocycles. The lowest BCUT2D eigenvalue weighted by molar-refractivity contribution is 0.628. The van der Waals surface area contributed by atoms with Crippen LogP contribution in [-0.4, -0.2) is 19.3 Å². The summed E-state index contributed by atoms with van der Waals surface area (Å²) in [7, 11) is 1.86. The van der Waals surface area contributed by atoms with Crippen LogP contribution >= 0.6 is 12.2 Å². The van der Waals surface area contributed by atoms with E-state index in [2.05, 4.69) is 10.1 Å². The summed E-state index contributed by atoms with van der Waals surface area (Å²) in [6.07, 6.45) is 1.87. The fourth-order valence-corrected chi connectivity index (χ4v) is 2.27. The molecule has 0 bridgehead atoms. The molecule has 0 unspecified atom stereocenters. The molecule has 1 N–H and O–H groups in total. The lowest BCUT2D eigenvalue weighted by Crippen LogP contribution is -2.01. The number of imidazole rings is 1. The van der Waals surface area contributed by atoms with Crippen LogP contribution in [-0.2, 0) is 13.6 Å². The van der Waals surface area contributed by atoms with Crippen molar-refractivity contribution in [2.45, 2.75) is 6.54 Å². The van der Waals surface area contributed by atoms with Gasteiger partial charge in [0.25, 0.3) is 0 Å². The van der Waals surface area contributed by atoms with E-state index in [4.69, 9.17) is 12.2 Å². The van der Waals surface area contributed by atoms with E-state index in [0.29, 0.717) is 11.3 Å². The molecule has 0 saturated heterocycles. The van der Waals surface area contributed by atoms with Crippen LogP contribution in [0.25, 0.3) is 11.0 Å². The van der Waals surface area contributed by atoms with Crippen molar-refractivity contribution in [1.29, 1.82) is 0 Å². The number of aromatic nitrogens is 4. The van der Waals surface area contributed by atoms with E-state index in [0.717, 1.165) is 16.7 Å². The molecule has 3 aromatic rings. The van der Waals surface area contributed by atoms with E-state index in [9.17, 15) is 4.39 Å². The lowest BCUT2D eigenvalue weighted by Gasteiger charge is -2.01. The third-order valence-electron chi connectivity index (χ3n) is 2.83. The Labute approximate surface area is 108 Å². The second-order valence-corrected chi connectivity index (χ2v) is 4.55. The lowest BCUT2D eigenvalue weighted by atomic mass is 10.3. The fourth-order valence-electron chi connectivity index (χ4n) is 1.99. The van der Waals surface area contributed by atoms with E-state index in [1.807, 2.05) is 23.9 Å². The Hall–Kier alpha value is -1.95.